The summed E-state index contributed by atoms with van der Waals surface area (Å²) < 4.78 is 28.8. The summed E-state index contributed by atoms with van der Waals surface area (Å²) in [4.78, 5) is 2.02. The molecule has 3 aromatic carbocycles. The summed E-state index contributed by atoms with van der Waals surface area (Å²) in [7, 11) is 2.92. The number of hydrogen-bond donors (Lipinski definition) is 8. The number of phenols is 4. The summed E-state index contributed by atoms with van der Waals surface area (Å²) in [5.41, 5.74) is -2.07. The Morgan fingerprint density at radius 1 is 1.02 bits per heavy atom. The maximum atomic E-state index is 11.8. The number of hydrogen-bond acceptors (Lipinski definition) is 14. The molecule has 0 amide bonds. The molecule has 8 atom stereocenters. The van der Waals surface area contributed by atoms with Gasteiger partial charge in [-0.3, -0.25) is 4.90 Å². The third-order valence-corrected chi connectivity index (χ3v) is 9.73. The summed E-state index contributed by atoms with van der Waals surface area (Å²) in [5.74, 6) is -1.78. The number of rotatable bonds is 7. The molecule has 8 N–H and O–H groups in total. The van der Waals surface area contributed by atoms with Gasteiger partial charge in [-0.25, -0.2) is 0 Å². The molecular weight excluding hydrogens is 606 g/mol. The van der Waals surface area contributed by atoms with E-state index in [0.717, 1.165) is 0 Å². The average Bonchev–Trinajstić information content (AvgIpc) is 3.05. The van der Waals surface area contributed by atoms with Crippen molar-refractivity contribution in [3.63, 3.8) is 0 Å². The van der Waals surface area contributed by atoms with E-state index in [0.29, 0.717) is 19.7 Å². The van der Waals surface area contributed by atoms with Gasteiger partial charge in [0.25, 0.3) is 0 Å². The minimum atomic E-state index is -2.03. The molecule has 3 aromatic rings. The van der Waals surface area contributed by atoms with Gasteiger partial charge in [0.2, 0.25) is 0 Å². The molecule has 14 heteroatoms. The lowest BCUT2D eigenvalue weighted by Crippen LogP contribution is -2.59. The minimum Gasteiger partial charge on any atom is -0.507 e. The first-order valence-electron chi connectivity index (χ1n) is 15.2. The first kappa shape index (κ1) is 32.7. The predicted molar refractivity (Wildman–Crippen MR) is 162 cm³/mol. The van der Waals surface area contributed by atoms with Crippen LogP contribution in [0.15, 0.2) is 18.2 Å². The van der Waals surface area contributed by atoms with Crippen LogP contribution in [-0.2, 0) is 25.4 Å². The lowest BCUT2D eigenvalue weighted by Gasteiger charge is -2.47. The highest BCUT2D eigenvalue weighted by Crippen LogP contribution is 2.57. The van der Waals surface area contributed by atoms with E-state index >= 15 is 0 Å². The maximum absolute atomic E-state index is 11.8. The molecule has 1 aliphatic carbocycles. The Kier molecular flexibility index (Phi) is 8.86. The molecule has 252 valence electrons. The molecule has 0 unspecified atom stereocenters. The molecule has 2 fully saturated rings. The Labute approximate surface area is 264 Å². The third kappa shape index (κ3) is 5.27. The molecule has 0 saturated carbocycles. The lowest BCUT2D eigenvalue weighted by atomic mass is 9.74. The second kappa shape index (κ2) is 12.4. The van der Waals surface area contributed by atoms with Crippen molar-refractivity contribution in [1.29, 1.82) is 0 Å². The normalized spacial score (nSPS) is 31.2. The number of ether oxygens (including phenoxy) is 5. The molecular formula is C32H41NO13. The van der Waals surface area contributed by atoms with E-state index in [9.17, 15) is 40.9 Å². The van der Waals surface area contributed by atoms with Crippen LogP contribution in [-0.4, -0.2) is 129 Å². The van der Waals surface area contributed by atoms with E-state index in [-0.39, 0.29) is 51.3 Å². The number of fused-ring (bicyclic) bond motifs is 3. The standard InChI is InChI=1S/C32H41NO13/c1-14-27(36)17(33-7-8-44-22(12-33)43-3)9-21(45-14)46-19-11-32(41,20(35)13-34)10-16-24(19)31(40)26-25(29(16)38)28(37)15-5-4-6-18(42-2)23(15)30(26)39/h4-6,14,17,19-22,27,34-41H,7-13H2,1-3H3/t14-,17-,19-,20-,21-,22-,27+,32-/m0/s1. The Balaban J connectivity index is 1.47. The quantitative estimate of drug-likeness (QED) is 0.133. The summed E-state index contributed by atoms with van der Waals surface area (Å²) in [6.45, 7) is 2.20. The number of benzene rings is 3. The van der Waals surface area contributed by atoms with Crippen LogP contribution >= 0.6 is 0 Å². The molecule has 2 heterocycles. The second-order valence-electron chi connectivity index (χ2n) is 12.3. The highest BCUT2D eigenvalue weighted by Gasteiger charge is 2.49. The van der Waals surface area contributed by atoms with Crippen LogP contribution in [0.25, 0.3) is 21.5 Å². The Hall–Kier alpha value is -3.18. The maximum Gasteiger partial charge on any atom is 0.169 e. The molecule has 2 saturated heterocycles. The van der Waals surface area contributed by atoms with Crippen molar-refractivity contribution in [2.75, 3.05) is 40.5 Å². The van der Waals surface area contributed by atoms with E-state index < -0.39 is 84.7 Å². The van der Waals surface area contributed by atoms with Crippen molar-refractivity contribution in [3.8, 4) is 28.7 Å². The van der Waals surface area contributed by atoms with Crippen molar-refractivity contribution in [2.24, 2.45) is 0 Å². The zero-order valence-electron chi connectivity index (χ0n) is 25.8. The number of aromatic hydroxyl groups is 4. The van der Waals surface area contributed by atoms with Crippen LogP contribution in [0.3, 0.4) is 0 Å². The summed E-state index contributed by atoms with van der Waals surface area (Å²) in [6, 6.07) is 4.23. The number of aliphatic hydroxyl groups is 4. The second-order valence-corrected chi connectivity index (χ2v) is 12.3. The molecule has 0 bridgehead atoms. The molecule has 14 nitrogen and oxygen atoms in total. The van der Waals surface area contributed by atoms with Gasteiger partial charge in [-0.15, -0.1) is 0 Å². The van der Waals surface area contributed by atoms with Crippen LogP contribution < -0.4 is 4.74 Å². The van der Waals surface area contributed by atoms with Crippen molar-refractivity contribution < 1.29 is 64.5 Å². The van der Waals surface area contributed by atoms with E-state index in [1.165, 1.54) is 20.3 Å². The predicted octanol–water partition coefficient (Wildman–Crippen LogP) is 1.08. The smallest absolute Gasteiger partial charge is 0.169 e. The van der Waals surface area contributed by atoms with Crippen LogP contribution in [0.4, 0.5) is 0 Å². The molecule has 46 heavy (non-hydrogen) atoms. The Bertz CT molecular complexity index is 1620. The number of nitrogens with zero attached hydrogens (tertiary/aromatic N) is 1. The fourth-order valence-electron chi connectivity index (χ4n) is 7.27. The molecule has 0 spiro atoms. The van der Waals surface area contributed by atoms with E-state index in [2.05, 4.69) is 0 Å². The van der Waals surface area contributed by atoms with Crippen molar-refractivity contribution in [2.45, 2.75) is 74.8 Å². The highest BCUT2D eigenvalue weighted by atomic mass is 16.7. The summed E-state index contributed by atoms with van der Waals surface area (Å²) in [6.07, 6.45) is -6.54. The van der Waals surface area contributed by atoms with Crippen LogP contribution in [0.1, 0.15) is 37.0 Å². The van der Waals surface area contributed by atoms with Crippen molar-refractivity contribution >= 4 is 21.5 Å². The van der Waals surface area contributed by atoms with Gasteiger partial charge in [0.15, 0.2) is 12.6 Å². The van der Waals surface area contributed by atoms with Gasteiger partial charge in [0.1, 0.15) is 34.9 Å². The Morgan fingerprint density at radius 3 is 2.46 bits per heavy atom. The molecule has 0 aromatic heterocycles. The number of aliphatic hydroxyl groups excluding tert-OH is 3. The zero-order chi connectivity index (χ0) is 33.1. The van der Waals surface area contributed by atoms with E-state index in [4.69, 9.17) is 23.7 Å². The first-order chi connectivity index (χ1) is 21.9. The fraction of sp³-hybridized carbons (Fsp3) is 0.562. The summed E-state index contributed by atoms with van der Waals surface area (Å²) >= 11 is 0. The van der Waals surface area contributed by atoms with Gasteiger partial charge in [-0.2, -0.15) is 0 Å². The molecule has 0 radical (unpaired) electrons. The fourth-order valence-corrected chi connectivity index (χ4v) is 7.27. The molecule has 3 aliphatic rings. The number of morpholine rings is 1. The minimum absolute atomic E-state index is 0.00788. The Morgan fingerprint density at radius 2 is 1.76 bits per heavy atom. The number of phenolic OH excluding ortho intramolecular Hbond substituents is 4. The van der Waals surface area contributed by atoms with Crippen LogP contribution in [0.5, 0.6) is 28.7 Å². The van der Waals surface area contributed by atoms with Crippen LogP contribution in [0.2, 0.25) is 0 Å². The number of methoxy groups -OCH3 is 2. The molecule has 6 rings (SSSR count). The van der Waals surface area contributed by atoms with Gasteiger partial charge < -0.3 is 64.5 Å². The monoisotopic (exact) mass is 647 g/mol. The van der Waals surface area contributed by atoms with Gasteiger partial charge in [-0.05, 0) is 13.0 Å². The van der Waals surface area contributed by atoms with E-state index in [1.54, 1.807) is 19.1 Å². The van der Waals surface area contributed by atoms with Gasteiger partial charge in [0, 0.05) is 62.0 Å². The van der Waals surface area contributed by atoms with E-state index in [1.807, 2.05) is 4.90 Å². The topological polar surface area (TPSA) is 211 Å². The third-order valence-electron chi connectivity index (χ3n) is 9.73. The first-order valence-corrected chi connectivity index (χ1v) is 15.2. The van der Waals surface area contributed by atoms with Crippen LogP contribution in [0, 0.1) is 0 Å². The van der Waals surface area contributed by atoms with Crippen molar-refractivity contribution in [1.82, 2.24) is 4.90 Å². The molecule has 2 aliphatic heterocycles. The summed E-state index contributed by atoms with van der Waals surface area (Å²) in [5, 5.41) is 89.1. The lowest BCUT2D eigenvalue weighted by molar-refractivity contribution is -0.269. The van der Waals surface area contributed by atoms with Gasteiger partial charge >= 0.3 is 0 Å². The zero-order valence-corrected chi connectivity index (χ0v) is 25.8. The van der Waals surface area contributed by atoms with Crippen molar-refractivity contribution in [3.05, 3.63) is 29.3 Å². The van der Waals surface area contributed by atoms with Gasteiger partial charge in [-0.1, -0.05) is 12.1 Å². The largest absolute Gasteiger partial charge is 0.507 e. The SMILES string of the molecule is COc1cccc2c(O)c3c(O)c4c(c(O)c3c(O)c12)[C@@H](O[C@H]1C[C@H](N2CCO[C@H](OC)C2)[C@H](O)[C@H](C)O1)C[C@](O)([C@@H](O)CO)C4. The highest BCUT2D eigenvalue weighted by molar-refractivity contribution is 6.17. The average molecular weight is 648 g/mol. The van der Waals surface area contributed by atoms with Gasteiger partial charge in [0.05, 0.1) is 60.4 Å².